The number of nitrogens with one attached hydrogen (secondary N) is 2. The van der Waals surface area contributed by atoms with Crippen molar-refractivity contribution in [3.05, 3.63) is 53.7 Å². The Morgan fingerprint density at radius 3 is 2.38 bits per heavy atom. The van der Waals surface area contributed by atoms with E-state index in [1.165, 1.54) is 26.4 Å². The van der Waals surface area contributed by atoms with E-state index < -0.39 is 22.1 Å². The predicted molar refractivity (Wildman–Crippen MR) is 110 cm³/mol. The van der Waals surface area contributed by atoms with Crippen LogP contribution in [-0.4, -0.2) is 48.1 Å². The van der Waals surface area contributed by atoms with Gasteiger partial charge in [-0.3, -0.25) is 5.32 Å². The Labute approximate surface area is 172 Å². The molecule has 10 nitrogen and oxygen atoms in total. The standard InChI is InChI=1S/C17H17N5O5S2/c1-26-13-10-14(27-2)19-16(18-13)20-17(23)21-29(24,25)12-7-5-6-11(15(12)28)22-8-3-4-9-22/h3-11H,1-2H3,(H2,18,19,20,21,23). The molecule has 29 heavy (non-hydrogen) atoms. The minimum Gasteiger partial charge on any atom is -0.481 e. The third-order valence-corrected chi connectivity index (χ3v) is 5.82. The van der Waals surface area contributed by atoms with Gasteiger partial charge >= 0.3 is 6.03 Å². The number of allylic oxidation sites excluding steroid dienone is 4. The summed E-state index contributed by atoms with van der Waals surface area (Å²) < 4.78 is 39.0. The van der Waals surface area contributed by atoms with Gasteiger partial charge in [0.2, 0.25) is 17.7 Å². The summed E-state index contributed by atoms with van der Waals surface area (Å²) in [6, 6.07) is 3.49. The maximum atomic E-state index is 12.7. The average molecular weight is 435 g/mol. The number of amides is 2. The lowest BCUT2D eigenvalue weighted by atomic mass is 10.1. The van der Waals surface area contributed by atoms with Gasteiger partial charge in [0.05, 0.1) is 31.2 Å². The first-order chi connectivity index (χ1) is 13.8. The van der Waals surface area contributed by atoms with E-state index in [1.807, 2.05) is 4.72 Å². The van der Waals surface area contributed by atoms with Crippen LogP contribution in [0.4, 0.5) is 10.7 Å². The van der Waals surface area contributed by atoms with Crippen LogP contribution in [-0.2, 0) is 10.0 Å². The van der Waals surface area contributed by atoms with Gasteiger partial charge in [0.25, 0.3) is 10.0 Å². The molecule has 0 radical (unpaired) electrons. The molecule has 0 aliphatic heterocycles. The highest BCUT2D eigenvalue weighted by atomic mass is 32.2. The molecule has 0 saturated heterocycles. The van der Waals surface area contributed by atoms with E-state index in [4.69, 9.17) is 21.7 Å². The third-order valence-electron chi connectivity index (χ3n) is 3.84. The molecule has 2 amide bonds. The van der Waals surface area contributed by atoms with E-state index in [1.54, 1.807) is 41.2 Å². The van der Waals surface area contributed by atoms with Crippen molar-refractivity contribution in [2.24, 2.45) is 0 Å². The Morgan fingerprint density at radius 1 is 1.17 bits per heavy atom. The van der Waals surface area contributed by atoms with E-state index in [0.29, 0.717) is 0 Å². The van der Waals surface area contributed by atoms with Crippen LogP contribution in [0.1, 0.15) is 6.04 Å². The molecule has 2 aromatic heterocycles. The van der Waals surface area contributed by atoms with Crippen LogP contribution in [0.3, 0.4) is 0 Å². The van der Waals surface area contributed by atoms with Gasteiger partial charge in [0, 0.05) is 12.4 Å². The Morgan fingerprint density at radius 2 is 1.79 bits per heavy atom. The van der Waals surface area contributed by atoms with Crippen LogP contribution in [0.5, 0.6) is 11.8 Å². The molecule has 0 saturated carbocycles. The maximum absolute atomic E-state index is 12.7. The molecule has 1 aliphatic carbocycles. The van der Waals surface area contributed by atoms with Crippen LogP contribution >= 0.6 is 12.2 Å². The number of hydrogen-bond acceptors (Lipinski definition) is 8. The number of rotatable bonds is 6. The van der Waals surface area contributed by atoms with Gasteiger partial charge in [-0.05, 0) is 18.2 Å². The molecule has 2 heterocycles. The summed E-state index contributed by atoms with van der Waals surface area (Å²) in [5.74, 6) is 0.0657. The van der Waals surface area contributed by atoms with Crippen molar-refractivity contribution < 1.29 is 22.7 Å². The lowest BCUT2D eigenvalue weighted by molar-refractivity contribution is 0.256. The Balaban J connectivity index is 1.75. The van der Waals surface area contributed by atoms with Gasteiger partial charge in [0.15, 0.2) is 0 Å². The van der Waals surface area contributed by atoms with Gasteiger partial charge in [0.1, 0.15) is 4.91 Å². The summed E-state index contributed by atoms with van der Waals surface area (Å²) in [7, 11) is -1.48. The molecule has 1 aliphatic rings. The summed E-state index contributed by atoms with van der Waals surface area (Å²) in [5.41, 5.74) is 0. The first-order valence-corrected chi connectivity index (χ1v) is 10.1. The van der Waals surface area contributed by atoms with E-state index in [0.717, 1.165) is 0 Å². The van der Waals surface area contributed by atoms with Crippen molar-refractivity contribution in [2.45, 2.75) is 6.04 Å². The molecule has 0 spiro atoms. The largest absolute Gasteiger partial charge is 0.481 e. The summed E-state index contributed by atoms with van der Waals surface area (Å²) in [5, 5.41) is 2.24. The zero-order chi connectivity index (χ0) is 21.0. The Hall–Kier alpha value is -3.25. The highest BCUT2D eigenvalue weighted by Gasteiger charge is 2.30. The zero-order valence-electron chi connectivity index (χ0n) is 15.4. The Bertz CT molecular complexity index is 1070. The van der Waals surface area contributed by atoms with E-state index in [-0.39, 0.29) is 27.5 Å². The normalized spacial score (nSPS) is 16.1. The molecule has 12 heteroatoms. The molecule has 1 atom stereocenters. The lowest BCUT2D eigenvalue weighted by Gasteiger charge is -2.21. The number of sulfonamides is 1. The highest BCUT2D eigenvalue weighted by molar-refractivity contribution is 7.97. The van der Waals surface area contributed by atoms with Gasteiger partial charge < -0.3 is 14.0 Å². The molecule has 3 rings (SSSR count). The molecule has 2 aromatic rings. The van der Waals surface area contributed by atoms with E-state index in [2.05, 4.69) is 15.3 Å². The number of anilines is 1. The number of carbonyl (C=O) groups is 1. The highest BCUT2D eigenvalue weighted by Crippen LogP contribution is 2.25. The number of carbonyl (C=O) groups excluding carboxylic acids is 1. The number of hydrogen-bond donors (Lipinski definition) is 2. The van der Waals surface area contributed by atoms with Crippen LogP contribution in [0.25, 0.3) is 0 Å². The number of nitrogens with zero attached hydrogens (tertiary/aromatic N) is 3. The summed E-state index contributed by atoms with van der Waals surface area (Å²) in [6.07, 6.45) is 8.21. The first-order valence-electron chi connectivity index (χ1n) is 8.20. The number of thiocarbonyl (C=S) groups is 1. The fourth-order valence-corrected chi connectivity index (χ4v) is 4.17. The molecular weight excluding hydrogens is 418 g/mol. The molecule has 0 aromatic carbocycles. The van der Waals surface area contributed by atoms with Crippen molar-refractivity contribution in [2.75, 3.05) is 19.5 Å². The predicted octanol–water partition coefficient (Wildman–Crippen LogP) is 1.81. The fraction of sp³-hybridized carbons (Fsp3) is 0.176. The second-order valence-corrected chi connectivity index (χ2v) is 7.78. The molecule has 0 fully saturated rings. The Kier molecular flexibility index (Phi) is 5.94. The third kappa shape index (κ3) is 4.60. The molecular formula is C17H17N5O5S2. The van der Waals surface area contributed by atoms with Crippen LogP contribution in [0, 0.1) is 0 Å². The van der Waals surface area contributed by atoms with Crippen molar-refractivity contribution >= 4 is 39.1 Å². The second kappa shape index (κ2) is 8.41. The number of aromatic nitrogens is 3. The van der Waals surface area contributed by atoms with Gasteiger partial charge in [-0.15, -0.1) is 0 Å². The number of urea groups is 1. The van der Waals surface area contributed by atoms with Gasteiger partial charge in [-0.25, -0.2) is 17.9 Å². The number of ether oxygens (including phenoxy) is 2. The van der Waals surface area contributed by atoms with Crippen LogP contribution in [0.2, 0.25) is 0 Å². The van der Waals surface area contributed by atoms with Crippen molar-refractivity contribution in [1.29, 1.82) is 0 Å². The van der Waals surface area contributed by atoms with Crippen molar-refractivity contribution in [1.82, 2.24) is 19.3 Å². The van der Waals surface area contributed by atoms with Crippen molar-refractivity contribution in [3.8, 4) is 11.8 Å². The summed E-state index contributed by atoms with van der Waals surface area (Å²) >= 11 is 5.34. The molecule has 0 bridgehead atoms. The molecule has 2 N–H and O–H groups in total. The fourth-order valence-electron chi connectivity index (χ4n) is 2.53. The second-order valence-electron chi connectivity index (χ2n) is 5.69. The molecule has 1 unspecified atom stereocenters. The van der Waals surface area contributed by atoms with Crippen LogP contribution < -0.4 is 19.5 Å². The summed E-state index contributed by atoms with van der Waals surface area (Å²) in [6.45, 7) is 0. The topological polar surface area (TPSA) is 124 Å². The minimum atomic E-state index is -4.23. The molecule has 152 valence electrons. The minimum absolute atomic E-state index is 0.130. The maximum Gasteiger partial charge on any atom is 0.335 e. The van der Waals surface area contributed by atoms with Gasteiger partial charge in [-0.1, -0.05) is 24.4 Å². The van der Waals surface area contributed by atoms with E-state index >= 15 is 0 Å². The van der Waals surface area contributed by atoms with E-state index in [9.17, 15) is 13.2 Å². The van der Waals surface area contributed by atoms with Crippen molar-refractivity contribution in [3.63, 3.8) is 0 Å². The first kappa shape index (κ1) is 20.5. The smallest absolute Gasteiger partial charge is 0.335 e. The SMILES string of the molecule is COc1cc(OC)nc(NC(=O)NS(=O)(=O)C2=CC=CC(n3cccc3)C2=S)n1. The average Bonchev–Trinajstić information content (AvgIpc) is 3.21. The number of methoxy groups -OCH3 is 2. The van der Waals surface area contributed by atoms with Crippen LogP contribution in [0.15, 0.2) is 53.7 Å². The lowest BCUT2D eigenvalue weighted by Crippen LogP contribution is -2.38. The quantitative estimate of drug-likeness (QED) is 0.659. The summed E-state index contributed by atoms with van der Waals surface area (Å²) in [4.78, 5) is 20.0. The monoisotopic (exact) mass is 435 g/mol. The van der Waals surface area contributed by atoms with Gasteiger partial charge in [-0.2, -0.15) is 9.97 Å². The zero-order valence-corrected chi connectivity index (χ0v) is 17.0.